The van der Waals surface area contributed by atoms with Crippen LogP contribution in [0.15, 0.2) is 10.2 Å². The molecule has 0 bridgehead atoms. The van der Waals surface area contributed by atoms with E-state index in [0.29, 0.717) is 37.8 Å². The molecule has 6 unspecified atom stereocenters. The molecule has 2 fully saturated rings. The number of azo groups is 1. The van der Waals surface area contributed by atoms with Crippen LogP contribution in [0.5, 0.6) is 0 Å². The summed E-state index contributed by atoms with van der Waals surface area (Å²) in [5.41, 5.74) is 0.194. The number of nitrogens with one attached hydrogen (secondary N) is 1. The number of aromatic nitrogens is 2. The molecule has 278 valence electrons. The minimum atomic E-state index is -4.47. The van der Waals surface area contributed by atoms with Crippen molar-refractivity contribution in [2.75, 3.05) is 38.3 Å². The summed E-state index contributed by atoms with van der Waals surface area (Å²) < 4.78 is 74.9. The van der Waals surface area contributed by atoms with Gasteiger partial charge in [-0.2, -0.15) is 15.5 Å². The monoisotopic (exact) mass is 847 g/mol. The van der Waals surface area contributed by atoms with E-state index in [0.717, 1.165) is 6.42 Å². The molecular weight excluding hydrogens is 800 g/mol. The van der Waals surface area contributed by atoms with Crippen molar-refractivity contribution in [3.05, 3.63) is 11.3 Å². The molecule has 6 atom stereocenters. The Morgan fingerprint density at radius 3 is 2.13 bits per heavy atom. The van der Waals surface area contributed by atoms with Crippen LogP contribution in [0.25, 0.3) is 0 Å². The first-order chi connectivity index (χ1) is 22.9. The molecule has 2 aliphatic rings. The van der Waals surface area contributed by atoms with Crippen LogP contribution in [0.4, 0.5) is 5.82 Å². The van der Waals surface area contributed by atoms with E-state index in [4.69, 9.17) is 9.84 Å². The summed E-state index contributed by atoms with van der Waals surface area (Å²) in [4.78, 5) is 18.5. The van der Waals surface area contributed by atoms with E-state index in [1.54, 1.807) is 11.8 Å². The van der Waals surface area contributed by atoms with Gasteiger partial charge in [0.25, 0.3) is 0 Å². The zero-order chi connectivity index (χ0) is 36.6. The van der Waals surface area contributed by atoms with Gasteiger partial charge in [-0.05, 0) is 58.0 Å². The minimum absolute atomic E-state index is 0. The molecule has 22 heteroatoms. The molecule has 1 aromatic rings. The maximum absolute atomic E-state index is 12.3. The molecule has 1 heterocycles. The maximum Gasteiger partial charge on any atom is 1.00 e. The predicted molar refractivity (Wildman–Crippen MR) is 172 cm³/mol. The normalized spacial score (nSPS) is 24.0. The average molecular weight is 848 g/mol. The second kappa shape index (κ2) is 25.1. The number of amides is 1. The van der Waals surface area contributed by atoms with E-state index < -0.39 is 55.3 Å². The molecule has 1 N–H and O–H groups in total. The second-order valence-corrected chi connectivity index (χ2v) is 17.0. The molecule has 17 nitrogen and oxygen atoms in total. The van der Waals surface area contributed by atoms with Gasteiger partial charge in [0.15, 0.2) is 5.82 Å². The summed E-state index contributed by atoms with van der Waals surface area (Å²) in [6, 6.07) is 0.453. The van der Waals surface area contributed by atoms with Gasteiger partial charge in [0.2, 0.25) is 5.91 Å². The number of hydrogen-bond donors (Lipinski definition) is 1. The van der Waals surface area contributed by atoms with Crippen molar-refractivity contribution in [1.82, 2.24) is 20.0 Å². The largest absolute Gasteiger partial charge is 1.00 e. The fourth-order valence-corrected chi connectivity index (χ4v) is 7.95. The van der Waals surface area contributed by atoms with E-state index in [1.807, 2.05) is 25.7 Å². The molecule has 52 heavy (non-hydrogen) atoms. The van der Waals surface area contributed by atoms with E-state index in [9.17, 15) is 41.3 Å². The number of hydrogen-bond acceptors (Lipinski definition) is 15. The molecule has 1 amide bonds. The molecule has 0 spiro atoms. The molecule has 0 aliphatic heterocycles. The van der Waals surface area contributed by atoms with Crippen molar-refractivity contribution in [2.24, 2.45) is 16.1 Å². The van der Waals surface area contributed by atoms with Crippen molar-refractivity contribution < 1.29 is 200 Å². The van der Waals surface area contributed by atoms with Crippen LogP contribution in [0.3, 0.4) is 0 Å². The first kappa shape index (κ1) is 54.3. The van der Waals surface area contributed by atoms with Crippen LogP contribution in [-0.2, 0) is 40.1 Å². The van der Waals surface area contributed by atoms with E-state index in [-0.39, 0.29) is 222 Å². The number of rotatable bonds is 16. The Balaban J connectivity index is 0.00000867. The quantitative estimate of drug-likeness (QED) is 0.0534. The summed E-state index contributed by atoms with van der Waals surface area (Å²) in [7, 11) is -7.36. The Kier molecular flexibility index (Phi) is 26.2. The van der Waals surface area contributed by atoms with E-state index >= 15 is 0 Å². The Morgan fingerprint density at radius 2 is 1.65 bits per heavy atom. The summed E-state index contributed by atoms with van der Waals surface area (Å²) >= 11 is 0. The van der Waals surface area contributed by atoms with Crippen molar-refractivity contribution in [3.63, 3.8) is 0 Å². The maximum atomic E-state index is 12.3. The third kappa shape index (κ3) is 17.3. The third-order valence-corrected chi connectivity index (χ3v) is 10.8. The molecular formula is C30H48K3N7O10S2. The van der Waals surface area contributed by atoms with Crippen molar-refractivity contribution >= 4 is 32.0 Å². The summed E-state index contributed by atoms with van der Waals surface area (Å²) in [5, 5.41) is 38.7. The number of nitrogens with zero attached hydrogens (tertiary/aromatic N) is 6. The summed E-state index contributed by atoms with van der Waals surface area (Å²) in [6.45, 7) is 7.38. The Morgan fingerprint density at radius 1 is 1.06 bits per heavy atom. The number of ether oxygens (including phenoxy) is 1. The van der Waals surface area contributed by atoms with Crippen LogP contribution >= 0.6 is 0 Å². The molecule has 2 saturated carbocycles. The first-order valence-electron chi connectivity index (χ1n) is 16.5. The predicted octanol–water partition coefficient (Wildman–Crippen LogP) is -7.61. The number of carbonyl (C=O) groups excluding carboxylic acids is 1. The van der Waals surface area contributed by atoms with Crippen LogP contribution < -0.4 is 165 Å². The molecule has 3 rings (SSSR count). The molecule has 2 aliphatic carbocycles. The zero-order valence-electron chi connectivity index (χ0n) is 31.7. The molecule has 0 radical (unpaired) electrons. The van der Waals surface area contributed by atoms with Gasteiger partial charge in [0.1, 0.15) is 11.6 Å². The van der Waals surface area contributed by atoms with Gasteiger partial charge in [0.05, 0.1) is 50.2 Å². The van der Waals surface area contributed by atoms with Gasteiger partial charge in [-0.1, -0.05) is 27.2 Å². The number of methoxy groups -OCH3 is 1. The van der Waals surface area contributed by atoms with Gasteiger partial charge in [-0.3, -0.25) is 4.79 Å². The van der Waals surface area contributed by atoms with Crippen molar-refractivity contribution in [1.29, 1.82) is 5.26 Å². The van der Waals surface area contributed by atoms with Gasteiger partial charge in [-0.25, -0.2) is 21.5 Å². The van der Waals surface area contributed by atoms with Crippen LogP contribution in [0, 0.1) is 17.2 Å². The number of carbonyl (C=O) groups is 1. The van der Waals surface area contributed by atoms with Crippen LogP contribution in [0.1, 0.15) is 96.4 Å². The summed E-state index contributed by atoms with van der Waals surface area (Å²) in [6.07, 6.45) is 3.15. The Hall–Kier alpha value is 2.34. The van der Waals surface area contributed by atoms with Crippen LogP contribution in [0.2, 0.25) is 0 Å². The second-order valence-electron chi connectivity index (χ2n) is 13.9. The standard InChI is InChI=1S/C30H51N7O10S2.3K/c1-20(38)32-25-17-22(36(13-7-15-48(40,41)42)14-8-16-49(43,44)45)11-12-24(25)33-34-29-23(18-31)28(30(2,3)4)35-37(29)27-21(19-47-39)9-6-10-26(27)46-5;;;/h21-22,24-27,39H,6-17,19H2,1-5H3,(H,32,38)(H,40,41,42)(H,43,44,45);;;/q;3*+1/p-3. The topological polar surface area (TPSA) is 255 Å². The molecule has 1 aromatic heterocycles. The Bertz CT molecular complexity index is 1530. The fraction of sp³-hybridized carbons (Fsp3) is 0.833. The van der Waals surface area contributed by atoms with Crippen LogP contribution in [-0.4, -0.2) is 109 Å². The van der Waals surface area contributed by atoms with E-state index in [1.165, 1.54) is 6.92 Å². The molecule has 0 saturated heterocycles. The fourth-order valence-electron chi connectivity index (χ4n) is 6.98. The zero-order valence-corrected chi connectivity index (χ0v) is 42.7. The summed E-state index contributed by atoms with van der Waals surface area (Å²) in [5.74, 6) is -1.57. The van der Waals surface area contributed by atoms with Crippen molar-refractivity contribution in [2.45, 2.75) is 115 Å². The van der Waals surface area contributed by atoms with E-state index in [2.05, 4.69) is 26.5 Å². The van der Waals surface area contributed by atoms with Crippen molar-refractivity contribution in [3.8, 4) is 6.07 Å². The average Bonchev–Trinajstić information content (AvgIpc) is 3.37. The van der Waals surface area contributed by atoms with Gasteiger partial charge in [0, 0.05) is 49.5 Å². The smallest absolute Gasteiger partial charge is 0.748 e. The molecule has 0 aromatic carbocycles. The van der Waals surface area contributed by atoms with Gasteiger partial charge >= 0.3 is 154 Å². The van der Waals surface area contributed by atoms with Gasteiger partial charge < -0.3 is 34.2 Å². The SMILES string of the molecule is COC1CCCC(CO[O-])C1n1nc(C(C)(C)C)c(C#N)c1N=NC1CCC(N(CCCS(=O)(=O)[O-])CCCS(=O)(=O)[O-])CC1NC(C)=O.[K+].[K+].[K+]. The third-order valence-electron chi connectivity index (χ3n) is 9.17. The minimum Gasteiger partial charge on any atom is -0.748 e. The number of nitriles is 1. The Labute approximate surface area is 435 Å². The van der Waals surface area contributed by atoms with Gasteiger partial charge in [-0.15, -0.1) is 5.11 Å². The first-order valence-corrected chi connectivity index (χ1v) is 19.6.